The predicted octanol–water partition coefficient (Wildman–Crippen LogP) is 5.97. The van der Waals surface area contributed by atoms with Crippen LogP contribution in [0.4, 0.5) is 5.00 Å². The second-order valence-corrected chi connectivity index (χ2v) is 8.05. The molecule has 1 N–H and O–H groups in total. The molecule has 1 aromatic heterocycles. The summed E-state index contributed by atoms with van der Waals surface area (Å²) < 4.78 is 0. The quantitative estimate of drug-likeness (QED) is 0.627. The molecule has 1 aliphatic carbocycles. The lowest BCUT2D eigenvalue weighted by molar-refractivity contribution is 0.0696. The van der Waals surface area contributed by atoms with Crippen molar-refractivity contribution in [2.45, 2.75) is 78.7 Å². The predicted molar refractivity (Wildman–Crippen MR) is 103 cm³/mol. The molecule has 1 unspecified atom stereocenters. The van der Waals surface area contributed by atoms with E-state index < -0.39 is 5.97 Å². The van der Waals surface area contributed by atoms with Gasteiger partial charge in [-0.15, -0.1) is 11.3 Å². The molecule has 0 radical (unpaired) electrons. The van der Waals surface area contributed by atoms with Crippen LogP contribution in [0, 0.1) is 18.8 Å². The molecule has 24 heavy (non-hydrogen) atoms. The minimum Gasteiger partial charge on any atom is -0.478 e. The highest BCUT2D eigenvalue weighted by molar-refractivity contribution is 7.14. The molecular formula is C20H33NO2S. The first kappa shape index (κ1) is 19.3. The third-order valence-electron chi connectivity index (χ3n) is 5.88. The van der Waals surface area contributed by atoms with Crippen LogP contribution >= 0.6 is 11.3 Å². The molecule has 1 aromatic rings. The van der Waals surface area contributed by atoms with Gasteiger partial charge in [-0.2, -0.15) is 0 Å². The maximum absolute atomic E-state index is 11.3. The minimum absolute atomic E-state index is 0.469. The standard InChI is InChI=1S/C20H33NO2S/c1-5-8-15(6-2)16-9-11-17(12-10-16)21(7-3)19-14(4)18(13-24-19)20(22)23/h13,15-17H,5-12H2,1-4H3,(H,22,23). The number of carboxylic acid groups (broad SMARTS) is 1. The molecule has 1 saturated carbocycles. The molecule has 1 fully saturated rings. The van der Waals surface area contributed by atoms with Crippen LogP contribution < -0.4 is 4.90 Å². The van der Waals surface area contributed by atoms with E-state index in [0.717, 1.165) is 23.9 Å². The molecular weight excluding hydrogens is 318 g/mol. The maximum Gasteiger partial charge on any atom is 0.336 e. The van der Waals surface area contributed by atoms with Crippen LogP contribution in [-0.2, 0) is 0 Å². The van der Waals surface area contributed by atoms with Crippen molar-refractivity contribution in [3.05, 3.63) is 16.5 Å². The van der Waals surface area contributed by atoms with Gasteiger partial charge >= 0.3 is 5.97 Å². The molecule has 0 saturated heterocycles. The lowest BCUT2D eigenvalue weighted by Gasteiger charge is -2.39. The number of rotatable bonds is 8. The molecule has 1 aliphatic rings. The topological polar surface area (TPSA) is 40.5 Å². The van der Waals surface area contributed by atoms with Crippen LogP contribution in [0.5, 0.6) is 0 Å². The number of aromatic carboxylic acids is 1. The molecule has 1 atom stereocenters. The van der Waals surface area contributed by atoms with Crippen molar-refractivity contribution in [2.24, 2.45) is 11.8 Å². The number of hydrogen-bond donors (Lipinski definition) is 1. The average Bonchev–Trinajstić information content (AvgIpc) is 2.96. The number of anilines is 1. The largest absolute Gasteiger partial charge is 0.478 e. The second-order valence-electron chi connectivity index (χ2n) is 7.20. The highest BCUT2D eigenvalue weighted by Crippen LogP contribution is 2.39. The van der Waals surface area contributed by atoms with Gasteiger partial charge in [-0.05, 0) is 56.9 Å². The van der Waals surface area contributed by atoms with Crippen molar-refractivity contribution in [1.82, 2.24) is 0 Å². The van der Waals surface area contributed by atoms with Crippen molar-refractivity contribution >= 4 is 22.3 Å². The molecule has 3 nitrogen and oxygen atoms in total. The first-order chi connectivity index (χ1) is 11.5. The van der Waals surface area contributed by atoms with E-state index in [9.17, 15) is 9.90 Å². The van der Waals surface area contributed by atoms with Crippen LogP contribution in [0.15, 0.2) is 5.38 Å². The Kier molecular flexibility index (Phi) is 7.15. The molecule has 4 heteroatoms. The van der Waals surface area contributed by atoms with Gasteiger partial charge in [0.25, 0.3) is 0 Å². The van der Waals surface area contributed by atoms with Gasteiger partial charge in [-0.1, -0.05) is 33.1 Å². The summed E-state index contributed by atoms with van der Waals surface area (Å²) in [5.74, 6) is 0.983. The first-order valence-electron chi connectivity index (χ1n) is 9.61. The summed E-state index contributed by atoms with van der Waals surface area (Å²) in [5, 5.41) is 12.3. The van der Waals surface area contributed by atoms with Crippen LogP contribution in [0.2, 0.25) is 0 Å². The Morgan fingerprint density at radius 2 is 1.96 bits per heavy atom. The summed E-state index contributed by atoms with van der Waals surface area (Å²) in [6.07, 6.45) is 9.14. The fourth-order valence-electron chi connectivity index (χ4n) is 4.50. The van der Waals surface area contributed by atoms with Gasteiger partial charge in [-0.3, -0.25) is 0 Å². The van der Waals surface area contributed by atoms with E-state index in [4.69, 9.17) is 0 Å². The zero-order valence-corrected chi connectivity index (χ0v) is 16.5. The van der Waals surface area contributed by atoms with Gasteiger partial charge in [0.1, 0.15) is 0 Å². The Morgan fingerprint density at radius 3 is 2.42 bits per heavy atom. The number of thiophene rings is 1. The van der Waals surface area contributed by atoms with Crippen LogP contribution in [0.1, 0.15) is 81.6 Å². The van der Waals surface area contributed by atoms with Gasteiger partial charge in [0.2, 0.25) is 0 Å². The smallest absolute Gasteiger partial charge is 0.336 e. The van der Waals surface area contributed by atoms with E-state index >= 15 is 0 Å². The van der Waals surface area contributed by atoms with E-state index in [1.165, 1.54) is 49.9 Å². The molecule has 2 rings (SSSR count). The van der Waals surface area contributed by atoms with Crippen molar-refractivity contribution in [2.75, 3.05) is 11.4 Å². The van der Waals surface area contributed by atoms with Crippen LogP contribution in [-0.4, -0.2) is 23.7 Å². The summed E-state index contributed by atoms with van der Waals surface area (Å²) in [4.78, 5) is 13.8. The van der Waals surface area contributed by atoms with E-state index in [1.807, 2.05) is 6.92 Å². The Bertz CT molecular complexity index is 532. The summed E-state index contributed by atoms with van der Waals surface area (Å²) in [6.45, 7) is 9.75. The van der Waals surface area contributed by atoms with E-state index in [2.05, 4.69) is 25.7 Å². The normalized spacial score (nSPS) is 22.3. The van der Waals surface area contributed by atoms with Crippen molar-refractivity contribution < 1.29 is 9.90 Å². The Hall–Kier alpha value is -1.03. The van der Waals surface area contributed by atoms with Gasteiger partial charge in [0, 0.05) is 18.0 Å². The highest BCUT2D eigenvalue weighted by atomic mass is 32.1. The zero-order chi connectivity index (χ0) is 17.7. The fourth-order valence-corrected chi connectivity index (χ4v) is 5.70. The number of carboxylic acids is 1. The fraction of sp³-hybridized carbons (Fsp3) is 0.750. The summed E-state index contributed by atoms with van der Waals surface area (Å²) in [5.41, 5.74) is 1.41. The Morgan fingerprint density at radius 1 is 1.29 bits per heavy atom. The van der Waals surface area contributed by atoms with Crippen molar-refractivity contribution in [1.29, 1.82) is 0 Å². The van der Waals surface area contributed by atoms with Gasteiger partial charge in [-0.25, -0.2) is 4.79 Å². The SMILES string of the molecule is CCCC(CC)C1CCC(N(CC)c2scc(C(=O)O)c2C)CC1. The Labute approximate surface area is 151 Å². The number of hydrogen-bond acceptors (Lipinski definition) is 3. The van der Waals surface area contributed by atoms with E-state index in [1.54, 1.807) is 16.7 Å². The lowest BCUT2D eigenvalue weighted by Crippen LogP contribution is -2.39. The Balaban J connectivity index is 2.05. The van der Waals surface area contributed by atoms with E-state index in [-0.39, 0.29) is 0 Å². The summed E-state index contributed by atoms with van der Waals surface area (Å²) in [6, 6.07) is 0.573. The van der Waals surface area contributed by atoms with Gasteiger partial charge in [0.15, 0.2) is 0 Å². The van der Waals surface area contributed by atoms with Crippen LogP contribution in [0.3, 0.4) is 0 Å². The minimum atomic E-state index is -0.805. The molecule has 136 valence electrons. The molecule has 0 spiro atoms. The van der Waals surface area contributed by atoms with Gasteiger partial charge < -0.3 is 10.0 Å². The van der Waals surface area contributed by atoms with Crippen LogP contribution in [0.25, 0.3) is 0 Å². The van der Waals surface area contributed by atoms with Gasteiger partial charge in [0.05, 0.1) is 10.6 Å². The maximum atomic E-state index is 11.3. The summed E-state index contributed by atoms with van der Waals surface area (Å²) >= 11 is 1.60. The first-order valence-corrected chi connectivity index (χ1v) is 10.5. The average molecular weight is 352 g/mol. The molecule has 0 aliphatic heterocycles. The zero-order valence-electron chi connectivity index (χ0n) is 15.7. The second kappa shape index (κ2) is 8.89. The third-order valence-corrected chi connectivity index (χ3v) is 7.00. The summed E-state index contributed by atoms with van der Waals surface area (Å²) in [7, 11) is 0. The molecule has 1 heterocycles. The van der Waals surface area contributed by atoms with Crippen molar-refractivity contribution in [3.8, 4) is 0 Å². The lowest BCUT2D eigenvalue weighted by atomic mass is 9.75. The monoisotopic (exact) mass is 351 g/mol. The highest BCUT2D eigenvalue weighted by Gasteiger charge is 2.30. The molecule has 0 aromatic carbocycles. The third kappa shape index (κ3) is 4.14. The molecule has 0 bridgehead atoms. The number of nitrogens with zero attached hydrogens (tertiary/aromatic N) is 1. The number of carbonyl (C=O) groups is 1. The van der Waals surface area contributed by atoms with E-state index in [0.29, 0.717) is 11.6 Å². The molecule has 0 amide bonds. The van der Waals surface area contributed by atoms with Crippen molar-refractivity contribution in [3.63, 3.8) is 0 Å².